The molecule has 210 valence electrons. The summed E-state index contributed by atoms with van der Waals surface area (Å²) in [5.74, 6) is -3.84. The van der Waals surface area contributed by atoms with Gasteiger partial charge >= 0.3 is 24.3 Å². The van der Waals surface area contributed by atoms with Gasteiger partial charge in [-0.3, -0.25) is 4.98 Å². The minimum Gasteiger partial charge on any atom is -0.475 e. The molecule has 0 saturated carbocycles. The fraction of sp³-hybridized carbons (Fsp3) is 0.160. The Hall–Kier alpha value is -4.95. The Labute approximate surface area is 221 Å². The van der Waals surface area contributed by atoms with E-state index in [2.05, 4.69) is 58.4 Å². The summed E-state index contributed by atoms with van der Waals surface area (Å²) in [6.07, 6.45) is -4.75. The third-order valence-corrected chi connectivity index (χ3v) is 5.45. The van der Waals surface area contributed by atoms with Crippen molar-refractivity contribution < 1.29 is 46.1 Å². The van der Waals surface area contributed by atoms with Gasteiger partial charge in [-0.25, -0.2) is 19.6 Å². The number of aryl methyl sites for hydroxylation is 1. The van der Waals surface area contributed by atoms with E-state index in [0.29, 0.717) is 0 Å². The first-order chi connectivity index (χ1) is 18.6. The highest BCUT2D eigenvalue weighted by Gasteiger charge is 2.38. The molecule has 0 fully saturated rings. The SMILES string of the molecule is Cc1cccc(-c2nc3c([nH]2)-c2cccnc2Nc2ccncc2-3)c1C.O=C(O)C(F)(F)F.O=C(O)C(F)(F)F. The maximum Gasteiger partial charge on any atom is 0.490 e. The Morgan fingerprint density at radius 2 is 1.43 bits per heavy atom. The molecule has 1 aromatic carbocycles. The number of H-pyrrole nitrogens is 1. The number of nitrogens with one attached hydrogen (secondary N) is 2. The number of rotatable bonds is 1. The van der Waals surface area contributed by atoms with Gasteiger partial charge in [0.05, 0.1) is 11.4 Å². The molecular weight excluding hydrogens is 548 g/mol. The van der Waals surface area contributed by atoms with Crippen LogP contribution >= 0.6 is 0 Å². The normalized spacial score (nSPS) is 11.6. The van der Waals surface area contributed by atoms with Crippen LogP contribution in [-0.4, -0.2) is 54.4 Å². The van der Waals surface area contributed by atoms with Crippen molar-refractivity contribution in [2.45, 2.75) is 26.2 Å². The number of aromatic nitrogens is 4. The molecule has 3 aromatic heterocycles. The second-order valence-corrected chi connectivity index (χ2v) is 8.11. The number of benzene rings is 1. The maximum absolute atomic E-state index is 10.6. The topological polar surface area (TPSA) is 141 Å². The number of hydrogen-bond acceptors (Lipinski definition) is 6. The predicted molar refractivity (Wildman–Crippen MR) is 131 cm³/mol. The average molecular weight is 567 g/mol. The fourth-order valence-corrected chi connectivity index (χ4v) is 3.42. The van der Waals surface area contributed by atoms with E-state index in [0.717, 1.165) is 45.4 Å². The van der Waals surface area contributed by atoms with Crippen LogP contribution in [0, 0.1) is 13.8 Å². The zero-order valence-electron chi connectivity index (χ0n) is 20.5. The monoisotopic (exact) mass is 567 g/mol. The smallest absolute Gasteiger partial charge is 0.475 e. The number of carboxylic acids is 2. The first kappa shape index (κ1) is 29.6. The molecule has 40 heavy (non-hydrogen) atoms. The van der Waals surface area contributed by atoms with Crippen LogP contribution in [0.2, 0.25) is 0 Å². The van der Waals surface area contributed by atoms with E-state index in [9.17, 15) is 26.3 Å². The van der Waals surface area contributed by atoms with Gasteiger partial charge < -0.3 is 20.5 Å². The quantitative estimate of drug-likeness (QED) is 0.177. The van der Waals surface area contributed by atoms with Gasteiger partial charge in [0.1, 0.15) is 17.3 Å². The van der Waals surface area contributed by atoms with Crippen LogP contribution in [-0.2, 0) is 9.59 Å². The molecule has 1 aliphatic heterocycles. The standard InChI is InChI=1S/C21H17N5.2C2HF3O2/c1-12-5-3-6-14(13(12)2)21-25-18-15-7-4-9-23-20(15)24-17-8-10-22-11-16(17)19(18)26-21;2*3-2(4,5)1(6)7/h3-11H,1-2H3,(H,23,24)(H,25,26);2*(H,6,7). The number of carbonyl (C=O) groups is 2. The van der Waals surface area contributed by atoms with Crippen molar-refractivity contribution in [3.05, 3.63) is 66.1 Å². The summed E-state index contributed by atoms with van der Waals surface area (Å²) in [7, 11) is 0. The number of hydrogen-bond donors (Lipinski definition) is 4. The highest BCUT2D eigenvalue weighted by Crippen LogP contribution is 2.43. The molecule has 9 nitrogen and oxygen atoms in total. The number of nitrogens with zero attached hydrogens (tertiary/aromatic N) is 3. The predicted octanol–water partition coefficient (Wildman–Crippen LogP) is 6.14. The number of aliphatic carboxylic acids is 2. The second-order valence-electron chi connectivity index (χ2n) is 8.11. The van der Waals surface area contributed by atoms with E-state index in [-0.39, 0.29) is 0 Å². The molecule has 5 rings (SSSR count). The van der Waals surface area contributed by atoms with Crippen molar-refractivity contribution in [1.29, 1.82) is 0 Å². The number of carboxylic acid groups (broad SMARTS) is 2. The Morgan fingerprint density at radius 3 is 2.02 bits per heavy atom. The summed E-state index contributed by atoms with van der Waals surface area (Å²) in [6, 6.07) is 12.2. The first-order valence-corrected chi connectivity index (χ1v) is 11.0. The van der Waals surface area contributed by atoms with Gasteiger partial charge in [-0.1, -0.05) is 18.2 Å². The summed E-state index contributed by atoms with van der Waals surface area (Å²) in [6.45, 7) is 4.25. The van der Waals surface area contributed by atoms with E-state index >= 15 is 0 Å². The van der Waals surface area contributed by atoms with Gasteiger partial charge in [0.25, 0.3) is 0 Å². The van der Waals surface area contributed by atoms with Crippen molar-refractivity contribution in [1.82, 2.24) is 19.9 Å². The van der Waals surface area contributed by atoms with Crippen LogP contribution < -0.4 is 5.32 Å². The molecule has 15 heteroatoms. The van der Waals surface area contributed by atoms with Crippen LogP contribution in [0.4, 0.5) is 37.8 Å². The van der Waals surface area contributed by atoms with Gasteiger partial charge in [0.2, 0.25) is 0 Å². The number of pyridine rings is 2. The Balaban J connectivity index is 0.000000263. The molecule has 0 unspecified atom stereocenters. The molecule has 4 N–H and O–H groups in total. The third-order valence-electron chi connectivity index (χ3n) is 5.45. The lowest BCUT2D eigenvalue weighted by molar-refractivity contribution is -0.193. The van der Waals surface area contributed by atoms with Gasteiger partial charge in [-0.2, -0.15) is 26.3 Å². The average Bonchev–Trinajstić information content (AvgIpc) is 3.25. The number of anilines is 2. The van der Waals surface area contributed by atoms with E-state index in [4.69, 9.17) is 24.8 Å². The maximum atomic E-state index is 10.6. The zero-order valence-corrected chi connectivity index (χ0v) is 20.5. The lowest BCUT2D eigenvalue weighted by atomic mass is 10.0. The van der Waals surface area contributed by atoms with Crippen LogP contribution in [0.15, 0.2) is 55.0 Å². The number of fused-ring (bicyclic) bond motifs is 5. The van der Waals surface area contributed by atoms with Gasteiger partial charge in [0, 0.05) is 35.3 Å². The molecule has 0 saturated heterocycles. The molecular formula is C25H19F6N5O4. The van der Waals surface area contributed by atoms with Crippen LogP contribution in [0.1, 0.15) is 11.1 Å². The first-order valence-electron chi connectivity index (χ1n) is 11.0. The minimum atomic E-state index is -5.08. The zero-order chi connectivity index (χ0) is 29.8. The van der Waals surface area contributed by atoms with E-state index in [1.54, 1.807) is 12.4 Å². The van der Waals surface area contributed by atoms with Crippen molar-refractivity contribution in [3.8, 4) is 33.9 Å². The Morgan fingerprint density at radius 1 is 0.825 bits per heavy atom. The van der Waals surface area contributed by atoms with Crippen molar-refractivity contribution in [2.75, 3.05) is 5.32 Å². The summed E-state index contributed by atoms with van der Waals surface area (Å²) >= 11 is 0. The Kier molecular flexibility index (Phi) is 8.46. The third kappa shape index (κ3) is 6.73. The lowest BCUT2D eigenvalue weighted by Gasteiger charge is -2.09. The van der Waals surface area contributed by atoms with Crippen LogP contribution in [0.25, 0.3) is 33.9 Å². The van der Waals surface area contributed by atoms with E-state index in [1.807, 2.05) is 18.3 Å². The summed E-state index contributed by atoms with van der Waals surface area (Å²) < 4.78 is 63.5. The van der Waals surface area contributed by atoms with Gasteiger partial charge in [0.15, 0.2) is 0 Å². The van der Waals surface area contributed by atoms with E-state index < -0.39 is 24.3 Å². The molecule has 1 aliphatic rings. The van der Waals surface area contributed by atoms with Crippen molar-refractivity contribution in [3.63, 3.8) is 0 Å². The largest absolute Gasteiger partial charge is 0.490 e. The number of halogens is 6. The minimum absolute atomic E-state index is 0.815. The molecule has 0 atom stereocenters. The van der Waals surface area contributed by atoms with Gasteiger partial charge in [-0.05, 0) is 43.2 Å². The van der Waals surface area contributed by atoms with Gasteiger partial charge in [-0.15, -0.1) is 0 Å². The van der Waals surface area contributed by atoms with Crippen LogP contribution in [0.5, 0.6) is 0 Å². The molecule has 0 bridgehead atoms. The number of alkyl halides is 6. The second kappa shape index (κ2) is 11.4. The molecule has 0 amide bonds. The highest BCUT2D eigenvalue weighted by atomic mass is 19.4. The summed E-state index contributed by atoms with van der Waals surface area (Å²) in [5.41, 5.74) is 8.37. The summed E-state index contributed by atoms with van der Waals surface area (Å²) in [5, 5.41) is 17.7. The molecule has 4 aromatic rings. The molecule has 0 radical (unpaired) electrons. The highest BCUT2D eigenvalue weighted by molar-refractivity contribution is 5.95. The Bertz CT molecular complexity index is 1460. The molecule has 0 spiro atoms. The van der Waals surface area contributed by atoms with Crippen molar-refractivity contribution in [2.24, 2.45) is 0 Å². The van der Waals surface area contributed by atoms with Crippen LogP contribution in [0.3, 0.4) is 0 Å². The lowest BCUT2D eigenvalue weighted by Crippen LogP contribution is -2.21. The number of imidazole rings is 1. The van der Waals surface area contributed by atoms with Crippen molar-refractivity contribution >= 4 is 23.4 Å². The molecule has 4 heterocycles. The molecule has 0 aliphatic carbocycles. The number of aromatic amines is 1. The summed E-state index contributed by atoms with van der Waals surface area (Å²) in [4.78, 5) is 35.1. The fourth-order valence-electron chi connectivity index (χ4n) is 3.42. The van der Waals surface area contributed by atoms with E-state index in [1.165, 1.54) is 11.1 Å².